The van der Waals surface area contributed by atoms with Crippen LogP contribution < -0.4 is 10.0 Å². The van der Waals surface area contributed by atoms with E-state index in [0.29, 0.717) is 0 Å². The highest BCUT2D eigenvalue weighted by molar-refractivity contribution is 7.89. The number of likely N-dealkylation sites (tertiary alicyclic amines) is 1. The van der Waals surface area contributed by atoms with Crippen molar-refractivity contribution in [2.45, 2.75) is 30.2 Å². The standard InChI is InChI=1S/C15H22FN3O3S.ClH/c1-17-11-13-3-2-10-19(13)15(20)8-9-18-23(21,22)14-6-4-12(16)5-7-14;/h4-7,13,17-18H,2-3,8-11H2,1H3;1H. The Balaban J connectivity index is 0.00000288. The highest BCUT2D eigenvalue weighted by atomic mass is 35.5. The number of sulfonamides is 1. The average Bonchev–Trinajstić information content (AvgIpc) is 2.96. The van der Waals surface area contributed by atoms with Crippen LogP contribution in [0.25, 0.3) is 0 Å². The van der Waals surface area contributed by atoms with Gasteiger partial charge in [0.25, 0.3) is 0 Å². The first-order valence-corrected chi connectivity index (χ1v) is 9.11. The van der Waals surface area contributed by atoms with Crippen molar-refractivity contribution < 1.29 is 17.6 Å². The molecular weight excluding hydrogens is 357 g/mol. The van der Waals surface area contributed by atoms with Crippen LogP contribution in [0.3, 0.4) is 0 Å². The first kappa shape index (κ1) is 20.8. The third-order valence-electron chi connectivity index (χ3n) is 3.89. The van der Waals surface area contributed by atoms with Gasteiger partial charge in [-0.15, -0.1) is 12.4 Å². The highest BCUT2D eigenvalue weighted by Crippen LogP contribution is 2.17. The molecule has 1 aliphatic heterocycles. The number of rotatable bonds is 7. The van der Waals surface area contributed by atoms with Crippen LogP contribution in [0, 0.1) is 5.82 Å². The van der Waals surface area contributed by atoms with E-state index >= 15 is 0 Å². The van der Waals surface area contributed by atoms with E-state index in [2.05, 4.69) is 10.0 Å². The summed E-state index contributed by atoms with van der Waals surface area (Å²) in [7, 11) is -1.87. The third-order valence-corrected chi connectivity index (χ3v) is 5.37. The predicted octanol–water partition coefficient (Wildman–Crippen LogP) is 1.13. The maximum atomic E-state index is 12.8. The zero-order valence-corrected chi connectivity index (χ0v) is 15.1. The van der Waals surface area contributed by atoms with Crippen LogP contribution in [0.2, 0.25) is 0 Å². The van der Waals surface area contributed by atoms with E-state index < -0.39 is 15.8 Å². The van der Waals surface area contributed by atoms with E-state index in [0.717, 1.165) is 38.1 Å². The summed E-state index contributed by atoms with van der Waals surface area (Å²) in [5.74, 6) is -0.548. The number of carbonyl (C=O) groups is 1. The summed E-state index contributed by atoms with van der Waals surface area (Å²) in [4.78, 5) is 14.0. The molecule has 1 aromatic carbocycles. The van der Waals surface area contributed by atoms with Gasteiger partial charge in [0.2, 0.25) is 15.9 Å². The van der Waals surface area contributed by atoms with Crippen LogP contribution in [-0.2, 0) is 14.8 Å². The normalized spacial score (nSPS) is 17.6. The zero-order valence-electron chi connectivity index (χ0n) is 13.5. The van der Waals surface area contributed by atoms with Crippen LogP contribution in [-0.4, -0.2) is 51.9 Å². The lowest BCUT2D eigenvalue weighted by atomic mass is 10.2. The Labute approximate surface area is 148 Å². The van der Waals surface area contributed by atoms with E-state index in [1.807, 2.05) is 11.9 Å². The molecule has 1 aliphatic rings. The molecule has 2 rings (SSSR count). The molecule has 1 saturated heterocycles. The van der Waals surface area contributed by atoms with E-state index in [1.54, 1.807) is 0 Å². The predicted molar refractivity (Wildman–Crippen MR) is 92.1 cm³/mol. The van der Waals surface area contributed by atoms with Crippen molar-refractivity contribution in [1.29, 1.82) is 0 Å². The van der Waals surface area contributed by atoms with Gasteiger partial charge in [0.15, 0.2) is 0 Å². The molecule has 2 N–H and O–H groups in total. The lowest BCUT2D eigenvalue weighted by Crippen LogP contribution is -2.42. The number of carbonyl (C=O) groups excluding carboxylic acids is 1. The van der Waals surface area contributed by atoms with Gasteiger partial charge in [-0.1, -0.05) is 0 Å². The summed E-state index contributed by atoms with van der Waals surface area (Å²) in [5.41, 5.74) is 0. The molecule has 136 valence electrons. The fraction of sp³-hybridized carbons (Fsp3) is 0.533. The molecule has 1 heterocycles. The van der Waals surface area contributed by atoms with Gasteiger partial charge in [-0.2, -0.15) is 0 Å². The van der Waals surface area contributed by atoms with Crippen LogP contribution in [0.1, 0.15) is 19.3 Å². The van der Waals surface area contributed by atoms with Crippen LogP contribution in [0.4, 0.5) is 4.39 Å². The van der Waals surface area contributed by atoms with Gasteiger partial charge in [-0.05, 0) is 44.2 Å². The number of hydrogen-bond acceptors (Lipinski definition) is 4. The van der Waals surface area contributed by atoms with Crippen LogP contribution in [0.15, 0.2) is 29.2 Å². The van der Waals surface area contributed by atoms with Gasteiger partial charge >= 0.3 is 0 Å². The third kappa shape index (κ3) is 5.41. The molecule has 1 unspecified atom stereocenters. The molecule has 24 heavy (non-hydrogen) atoms. The number of amides is 1. The summed E-state index contributed by atoms with van der Waals surface area (Å²) in [6, 6.07) is 4.76. The second-order valence-electron chi connectivity index (χ2n) is 5.54. The smallest absolute Gasteiger partial charge is 0.240 e. The summed E-state index contributed by atoms with van der Waals surface area (Å²) < 4.78 is 39.3. The van der Waals surface area contributed by atoms with Gasteiger partial charge in [0, 0.05) is 32.1 Å². The zero-order chi connectivity index (χ0) is 16.9. The fourth-order valence-electron chi connectivity index (χ4n) is 2.74. The van der Waals surface area contributed by atoms with Crippen molar-refractivity contribution in [3.05, 3.63) is 30.1 Å². The van der Waals surface area contributed by atoms with Gasteiger partial charge in [0.1, 0.15) is 5.82 Å². The lowest BCUT2D eigenvalue weighted by molar-refractivity contribution is -0.131. The molecular formula is C15H23ClFN3O3S. The number of halogens is 2. The second-order valence-corrected chi connectivity index (χ2v) is 7.31. The summed E-state index contributed by atoms with van der Waals surface area (Å²) in [5, 5.41) is 3.06. The Morgan fingerprint density at radius 1 is 1.33 bits per heavy atom. The fourth-order valence-corrected chi connectivity index (χ4v) is 3.78. The van der Waals surface area contributed by atoms with E-state index in [1.165, 1.54) is 12.1 Å². The van der Waals surface area contributed by atoms with Crippen molar-refractivity contribution in [3.8, 4) is 0 Å². The minimum absolute atomic E-state index is 0. The Morgan fingerprint density at radius 3 is 2.62 bits per heavy atom. The molecule has 9 heteroatoms. The molecule has 0 spiro atoms. The highest BCUT2D eigenvalue weighted by Gasteiger charge is 2.27. The number of hydrogen-bond donors (Lipinski definition) is 2. The van der Waals surface area contributed by atoms with Crippen molar-refractivity contribution in [2.75, 3.05) is 26.7 Å². The molecule has 0 aromatic heterocycles. The van der Waals surface area contributed by atoms with Crippen LogP contribution >= 0.6 is 12.4 Å². The molecule has 1 aromatic rings. The monoisotopic (exact) mass is 379 g/mol. The topological polar surface area (TPSA) is 78.5 Å². The average molecular weight is 380 g/mol. The van der Waals surface area contributed by atoms with E-state index in [9.17, 15) is 17.6 Å². The maximum Gasteiger partial charge on any atom is 0.240 e. The molecule has 0 bridgehead atoms. The van der Waals surface area contributed by atoms with E-state index in [-0.39, 0.29) is 42.2 Å². The molecule has 0 radical (unpaired) electrons. The van der Waals surface area contributed by atoms with Gasteiger partial charge in [0.05, 0.1) is 4.90 Å². The number of nitrogens with zero attached hydrogens (tertiary/aromatic N) is 1. The molecule has 1 atom stereocenters. The van der Waals surface area contributed by atoms with E-state index in [4.69, 9.17) is 0 Å². The molecule has 1 fully saturated rings. The van der Waals surface area contributed by atoms with Crippen molar-refractivity contribution in [1.82, 2.24) is 14.9 Å². The van der Waals surface area contributed by atoms with Gasteiger partial charge in [-0.25, -0.2) is 17.5 Å². The Morgan fingerprint density at radius 2 is 2.00 bits per heavy atom. The minimum atomic E-state index is -3.72. The maximum absolute atomic E-state index is 12.8. The summed E-state index contributed by atoms with van der Waals surface area (Å²) in [6.45, 7) is 1.49. The first-order valence-electron chi connectivity index (χ1n) is 7.63. The summed E-state index contributed by atoms with van der Waals surface area (Å²) >= 11 is 0. The van der Waals surface area contributed by atoms with Crippen LogP contribution in [0.5, 0.6) is 0 Å². The molecule has 1 amide bonds. The lowest BCUT2D eigenvalue weighted by Gasteiger charge is -2.24. The van der Waals surface area contributed by atoms with Crippen molar-refractivity contribution in [2.24, 2.45) is 0 Å². The largest absolute Gasteiger partial charge is 0.338 e. The molecule has 0 saturated carbocycles. The second kappa shape index (κ2) is 9.31. The Kier molecular flexibility index (Phi) is 8.08. The quantitative estimate of drug-likeness (QED) is 0.744. The Hall–Kier alpha value is -1.22. The first-order chi connectivity index (χ1) is 10.9. The Bertz CT molecular complexity index is 640. The number of nitrogens with one attached hydrogen (secondary N) is 2. The van der Waals surface area contributed by atoms with Crippen molar-refractivity contribution >= 4 is 28.3 Å². The minimum Gasteiger partial charge on any atom is -0.338 e. The van der Waals surface area contributed by atoms with Gasteiger partial charge < -0.3 is 10.2 Å². The SMILES string of the molecule is CNCC1CCCN1C(=O)CCNS(=O)(=O)c1ccc(F)cc1.Cl. The van der Waals surface area contributed by atoms with Crippen molar-refractivity contribution in [3.63, 3.8) is 0 Å². The molecule has 0 aliphatic carbocycles. The number of likely N-dealkylation sites (N-methyl/N-ethyl adjacent to an activating group) is 1. The molecule has 6 nitrogen and oxygen atoms in total. The number of benzene rings is 1. The van der Waals surface area contributed by atoms with Gasteiger partial charge in [-0.3, -0.25) is 4.79 Å². The summed E-state index contributed by atoms with van der Waals surface area (Å²) in [6.07, 6.45) is 2.05.